The minimum atomic E-state index is 0.507. The first-order valence-electron chi connectivity index (χ1n) is 5.62. The molecule has 0 aliphatic heterocycles. The van der Waals surface area contributed by atoms with Crippen LogP contribution in [0.15, 0.2) is 18.2 Å². The molecule has 1 aliphatic carbocycles. The predicted molar refractivity (Wildman–Crippen MR) is 58.8 cm³/mol. The van der Waals surface area contributed by atoms with E-state index in [0.29, 0.717) is 6.10 Å². The normalized spacial score (nSPS) is 15.6. The van der Waals surface area contributed by atoms with Gasteiger partial charge in [0, 0.05) is 0 Å². The summed E-state index contributed by atoms with van der Waals surface area (Å²) in [6.07, 6.45) is 5.15. The van der Waals surface area contributed by atoms with Gasteiger partial charge in [0.25, 0.3) is 0 Å². The standard InChI is InChI=1S/C13H18O/c1-3-10-5-8-13(11(4-2)9-10)14-12-6-7-12/h5,8-9,12H,3-4,6-7H2,1-2H3. The van der Waals surface area contributed by atoms with E-state index in [1.807, 2.05) is 0 Å². The maximum absolute atomic E-state index is 5.85. The van der Waals surface area contributed by atoms with Crippen molar-refractivity contribution >= 4 is 0 Å². The maximum Gasteiger partial charge on any atom is 0.122 e. The Labute approximate surface area is 86.1 Å². The van der Waals surface area contributed by atoms with Crippen LogP contribution < -0.4 is 4.74 Å². The SMILES string of the molecule is CCc1ccc(OC2CC2)c(CC)c1. The van der Waals surface area contributed by atoms with Crippen LogP contribution in [0.4, 0.5) is 0 Å². The van der Waals surface area contributed by atoms with Crippen molar-refractivity contribution in [1.82, 2.24) is 0 Å². The molecule has 0 unspecified atom stereocenters. The Balaban J connectivity index is 2.19. The summed E-state index contributed by atoms with van der Waals surface area (Å²) in [5.74, 6) is 1.10. The van der Waals surface area contributed by atoms with E-state index in [-0.39, 0.29) is 0 Å². The molecule has 0 N–H and O–H groups in total. The lowest BCUT2D eigenvalue weighted by atomic mass is 10.1. The second-order valence-electron chi connectivity index (χ2n) is 3.97. The minimum absolute atomic E-state index is 0.507. The molecule has 0 bridgehead atoms. The van der Waals surface area contributed by atoms with Crippen LogP contribution in [0.2, 0.25) is 0 Å². The highest BCUT2D eigenvalue weighted by Crippen LogP contribution is 2.30. The fourth-order valence-corrected chi connectivity index (χ4v) is 1.61. The topological polar surface area (TPSA) is 9.23 Å². The van der Waals surface area contributed by atoms with Crippen molar-refractivity contribution in [2.45, 2.75) is 45.6 Å². The Hall–Kier alpha value is -0.980. The molecule has 1 aromatic carbocycles. The number of hydrogen-bond donors (Lipinski definition) is 0. The van der Waals surface area contributed by atoms with Crippen LogP contribution in [0.3, 0.4) is 0 Å². The van der Waals surface area contributed by atoms with Crippen molar-refractivity contribution in [3.05, 3.63) is 29.3 Å². The highest BCUT2D eigenvalue weighted by molar-refractivity contribution is 5.37. The number of hydrogen-bond acceptors (Lipinski definition) is 1. The van der Waals surface area contributed by atoms with E-state index in [1.54, 1.807) is 0 Å². The molecule has 0 heterocycles. The summed E-state index contributed by atoms with van der Waals surface area (Å²) in [6, 6.07) is 6.59. The summed E-state index contributed by atoms with van der Waals surface area (Å²) in [7, 11) is 0. The summed E-state index contributed by atoms with van der Waals surface area (Å²) in [5, 5.41) is 0. The molecule has 0 aromatic heterocycles. The fourth-order valence-electron chi connectivity index (χ4n) is 1.61. The molecular formula is C13H18O. The first kappa shape index (κ1) is 9.57. The molecule has 14 heavy (non-hydrogen) atoms. The Bertz CT molecular complexity index is 313. The molecule has 1 heteroatoms. The summed E-state index contributed by atoms with van der Waals surface area (Å²) in [4.78, 5) is 0. The number of benzene rings is 1. The van der Waals surface area contributed by atoms with E-state index in [2.05, 4.69) is 32.0 Å². The molecule has 76 valence electrons. The van der Waals surface area contributed by atoms with Crippen LogP contribution >= 0.6 is 0 Å². The third-order valence-corrected chi connectivity index (χ3v) is 2.73. The molecule has 0 amide bonds. The van der Waals surface area contributed by atoms with Gasteiger partial charge in [-0.2, -0.15) is 0 Å². The second kappa shape index (κ2) is 4.04. The molecule has 0 atom stereocenters. The van der Waals surface area contributed by atoms with E-state index in [4.69, 9.17) is 4.74 Å². The van der Waals surface area contributed by atoms with Gasteiger partial charge in [0.05, 0.1) is 6.10 Å². The van der Waals surface area contributed by atoms with E-state index in [9.17, 15) is 0 Å². The van der Waals surface area contributed by atoms with E-state index in [1.165, 1.54) is 24.0 Å². The molecule has 1 fully saturated rings. The molecule has 0 spiro atoms. The predicted octanol–water partition coefficient (Wildman–Crippen LogP) is 3.35. The fraction of sp³-hybridized carbons (Fsp3) is 0.538. The zero-order chi connectivity index (χ0) is 9.97. The molecule has 1 aromatic rings. The number of ether oxygens (including phenoxy) is 1. The lowest BCUT2D eigenvalue weighted by molar-refractivity contribution is 0.300. The Morgan fingerprint density at radius 2 is 2.00 bits per heavy atom. The van der Waals surface area contributed by atoms with Crippen LogP contribution in [0, 0.1) is 0 Å². The quantitative estimate of drug-likeness (QED) is 0.707. The smallest absolute Gasteiger partial charge is 0.122 e. The van der Waals surface area contributed by atoms with Crippen LogP contribution in [-0.2, 0) is 12.8 Å². The lowest BCUT2D eigenvalue weighted by Crippen LogP contribution is -1.99. The van der Waals surface area contributed by atoms with Gasteiger partial charge in [-0.1, -0.05) is 26.0 Å². The van der Waals surface area contributed by atoms with Crippen molar-refractivity contribution < 1.29 is 4.74 Å². The third-order valence-electron chi connectivity index (χ3n) is 2.73. The van der Waals surface area contributed by atoms with Crippen molar-refractivity contribution in [2.75, 3.05) is 0 Å². The molecule has 1 saturated carbocycles. The first-order valence-corrected chi connectivity index (χ1v) is 5.62. The van der Waals surface area contributed by atoms with Crippen molar-refractivity contribution in [1.29, 1.82) is 0 Å². The zero-order valence-electron chi connectivity index (χ0n) is 9.05. The van der Waals surface area contributed by atoms with E-state index < -0.39 is 0 Å². The van der Waals surface area contributed by atoms with Crippen LogP contribution in [0.25, 0.3) is 0 Å². The van der Waals surface area contributed by atoms with E-state index in [0.717, 1.165) is 18.6 Å². The van der Waals surface area contributed by atoms with Gasteiger partial charge in [-0.05, 0) is 42.9 Å². The van der Waals surface area contributed by atoms with Gasteiger partial charge in [-0.25, -0.2) is 0 Å². The van der Waals surface area contributed by atoms with Crippen molar-refractivity contribution in [3.63, 3.8) is 0 Å². The van der Waals surface area contributed by atoms with Gasteiger partial charge in [0.1, 0.15) is 5.75 Å². The Kier molecular flexibility index (Phi) is 2.76. The first-order chi connectivity index (χ1) is 6.83. The van der Waals surface area contributed by atoms with Gasteiger partial charge in [0.2, 0.25) is 0 Å². The largest absolute Gasteiger partial charge is 0.490 e. The summed E-state index contributed by atoms with van der Waals surface area (Å²) < 4.78 is 5.85. The minimum Gasteiger partial charge on any atom is -0.490 e. The molecular weight excluding hydrogens is 172 g/mol. The third kappa shape index (κ3) is 2.09. The van der Waals surface area contributed by atoms with E-state index >= 15 is 0 Å². The number of rotatable bonds is 4. The van der Waals surface area contributed by atoms with Gasteiger partial charge in [0.15, 0.2) is 0 Å². The van der Waals surface area contributed by atoms with Crippen molar-refractivity contribution in [3.8, 4) is 5.75 Å². The highest BCUT2D eigenvalue weighted by Gasteiger charge is 2.24. The summed E-state index contributed by atoms with van der Waals surface area (Å²) in [6.45, 7) is 4.38. The van der Waals surface area contributed by atoms with Gasteiger partial charge >= 0.3 is 0 Å². The van der Waals surface area contributed by atoms with Gasteiger partial charge < -0.3 is 4.74 Å². The molecule has 1 nitrogen and oxygen atoms in total. The Morgan fingerprint density at radius 1 is 1.21 bits per heavy atom. The average Bonchev–Trinajstić information content (AvgIpc) is 3.02. The molecule has 0 radical (unpaired) electrons. The summed E-state index contributed by atoms with van der Waals surface area (Å²) in [5.41, 5.74) is 2.77. The second-order valence-corrected chi connectivity index (χ2v) is 3.97. The van der Waals surface area contributed by atoms with Gasteiger partial charge in [-0.3, -0.25) is 0 Å². The summed E-state index contributed by atoms with van der Waals surface area (Å²) >= 11 is 0. The molecule has 1 aliphatic rings. The monoisotopic (exact) mass is 190 g/mol. The van der Waals surface area contributed by atoms with Gasteiger partial charge in [-0.15, -0.1) is 0 Å². The van der Waals surface area contributed by atoms with Crippen LogP contribution in [0.5, 0.6) is 5.75 Å². The Morgan fingerprint density at radius 3 is 2.57 bits per heavy atom. The zero-order valence-corrected chi connectivity index (χ0v) is 9.05. The maximum atomic E-state index is 5.85. The van der Waals surface area contributed by atoms with Crippen molar-refractivity contribution in [2.24, 2.45) is 0 Å². The molecule has 2 rings (SSSR count). The highest BCUT2D eigenvalue weighted by atomic mass is 16.5. The van der Waals surface area contributed by atoms with Crippen LogP contribution in [-0.4, -0.2) is 6.10 Å². The number of aryl methyl sites for hydroxylation is 2. The lowest BCUT2D eigenvalue weighted by Gasteiger charge is -2.10. The van der Waals surface area contributed by atoms with Crippen LogP contribution in [0.1, 0.15) is 37.8 Å². The molecule has 0 saturated heterocycles. The average molecular weight is 190 g/mol.